The van der Waals surface area contributed by atoms with Gasteiger partial charge >= 0.3 is 0 Å². The Balaban J connectivity index is -0.0000000200. The minimum absolute atomic E-state index is 0. The van der Waals surface area contributed by atoms with Crippen molar-refractivity contribution in [1.29, 1.82) is 0 Å². The van der Waals surface area contributed by atoms with E-state index < -0.39 is 0 Å². The molecule has 5 heavy (non-hydrogen) atoms. The van der Waals surface area contributed by atoms with E-state index in [9.17, 15) is 0 Å². The van der Waals surface area contributed by atoms with Gasteiger partial charge in [-0.15, -0.1) is 0 Å². The second-order valence-corrected chi connectivity index (χ2v) is 0.0816. The van der Waals surface area contributed by atoms with E-state index in [1.807, 2.05) is 0 Å². The fourth-order valence-corrected chi connectivity index (χ4v) is 0. The maximum Gasteiger partial charge on any atom is 0 e. The molecule has 0 atom stereocenters. The topological polar surface area (TPSA) is 49.7 Å². The van der Waals surface area contributed by atoms with Crippen molar-refractivity contribution < 1.29 is 49.4 Å². The second kappa shape index (κ2) is 20.6. The van der Waals surface area contributed by atoms with Crippen molar-refractivity contribution in [3.63, 3.8) is 0 Å². The molecule has 2 N–H and O–H groups in total. The van der Waals surface area contributed by atoms with Crippen LogP contribution < -0.4 is 0 Å². The standard InChI is InChI=1S/Co.Mn.H2O3/c;;1-3-2/h;;1-2H. The van der Waals surface area contributed by atoms with Crippen molar-refractivity contribution in [2.45, 2.75) is 0 Å². The van der Waals surface area contributed by atoms with Crippen LogP contribution in [0.15, 0.2) is 0 Å². The van der Waals surface area contributed by atoms with Gasteiger partial charge in [-0.2, -0.15) is 0 Å². The van der Waals surface area contributed by atoms with Gasteiger partial charge in [0.15, 0.2) is 0 Å². The van der Waals surface area contributed by atoms with Gasteiger partial charge in [-0.05, 0) is 0 Å². The smallest absolute Gasteiger partial charge is 0 e. The molecule has 0 fully saturated rings. The molecule has 0 saturated heterocycles. The maximum atomic E-state index is 6.62. The maximum absolute atomic E-state index is 6.62. The molecule has 0 bridgehead atoms. The summed E-state index contributed by atoms with van der Waals surface area (Å²) in [5.41, 5.74) is 0. The Hall–Kier alpha value is 0.906. The van der Waals surface area contributed by atoms with Gasteiger partial charge in [0.2, 0.25) is 0 Å². The quantitative estimate of drug-likeness (QED) is 0.299. The van der Waals surface area contributed by atoms with Crippen LogP contribution in [-0.2, 0) is 38.9 Å². The molecular formula is H2CoMnO3. The van der Waals surface area contributed by atoms with Gasteiger partial charge in [0.1, 0.15) is 0 Å². The molecular weight excluding hydrogens is 162 g/mol. The molecule has 0 rings (SSSR count). The summed E-state index contributed by atoms with van der Waals surface area (Å²) < 4.78 is 0. The number of rotatable bonds is 0. The van der Waals surface area contributed by atoms with Crippen molar-refractivity contribution in [2.24, 2.45) is 0 Å². The third-order valence-corrected chi connectivity index (χ3v) is 0. The van der Waals surface area contributed by atoms with Crippen LogP contribution >= 0.6 is 0 Å². The molecule has 3 nitrogen and oxygen atoms in total. The summed E-state index contributed by atoms with van der Waals surface area (Å²) in [6.45, 7) is 0. The molecule has 0 aromatic heterocycles. The van der Waals surface area contributed by atoms with Crippen LogP contribution in [0.3, 0.4) is 0 Å². The van der Waals surface area contributed by atoms with E-state index in [4.69, 9.17) is 10.5 Å². The summed E-state index contributed by atoms with van der Waals surface area (Å²) in [5, 5.41) is 15.5. The summed E-state index contributed by atoms with van der Waals surface area (Å²) in [6.07, 6.45) is 0. The van der Waals surface area contributed by atoms with Gasteiger partial charge in [0, 0.05) is 33.8 Å². The molecule has 0 unspecified atom stereocenters. The predicted molar refractivity (Wildman–Crippen MR) is 6.34 cm³/mol. The number of hydrogen-bond acceptors (Lipinski definition) is 3. The molecule has 0 amide bonds. The Morgan fingerprint density at radius 2 is 1.20 bits per heavy atom. The molecule has 5 heteroatoms. The van der Waals surface area contributed by atoms with Crippen LogP contribution in [0.1, 0.15) is 0 Å². The second-order valence-electron chi connectivity index (χ2n) is 0.0816. The van der Waals surface area contributed by atoms with E-state index in [0.717, 1.165) is 0 Å². The van der Waals surface area contributed by atoms with Crippen LogP contribution in [0, 0.1) is 0 Å². The zero-order chi connectivity index (χ0) is 2.71. The third kappa shape index (κ3) is 50.5. The number of hydrogen-bond donors (Lipinski definition) is 2. The van der Waals surface area contributed by atoms with Gasteiger partial charge < -0.3 is 0 Å². The predicted octanol–water partition coefficient (Wildman–Crippen LogP) is -0.0560. The van der Waals surface area contributed by atoms with Gasteiger partial charge in [-0.25, -0.2) is 10.5 Å². The van der Waals surface area contributed by atoms with Crippen LogP contribution in [0.2, 0.25) is 0 Å². The zero-order valence-corrected chi connectivity index (χ0v) is 4.24. The van der Waals surface area contributed by atoms with E-state index >= 15 is 0 Å². The Morgan fingerprint density at radius 1 is 1.20 bits per heavy atom. The first kappa shape index (κ1) is 16.8. The Kier molecular flexibility index (Phi) is 69.4. The average Bonchev–Trinajstić information content (AvgIpc) is 0.918. The summed E-state index contributed by atoms with van der Waals surface area (Å²) >= 11 is 0. The molecule has 0 aromatic carbocycles. The van der Waals surface area contributed by atoms with Crippen LogP contribution in [-0.4, -0.2) is 10.5 Å². The van der Waals surface area contributed by atoms with Gasteiger partial charge in [-0.1, -0.05) is 5.04 Å². The van der Waals surface area contributed by atoms with Crippen molar-refractivity contribution in [3.8, 4) is 0 Å². The van der Waals surface area contributed by atoms with Crippen LogP contribution in [0.5, 0.6) is 0 Å². The zero-order valence-electron chi connectivity index (χ0n) is 2.01. The SMILES string of the molecule is OOO.[Co].[Mn]. The minimum Gasteiger partial charge on any atom is -0.221 e. The largest absolute Gasteiger partial charge is 0.221 e. The van der Waals surface area contributed by atoms with Crippen LogP contribution in [0.4, 0.5) is 0 Å². The van der Waals surface area contributed by atoms with Crippen molar-refractivity contribution in [3.05, 3.63) is 0 Å². The first-order chi connectivity index (χ1) is 1.41. The molecule has 0 aliphatic rings. The third-order valence-electron chi connectivity index (χ3n) is 0. The molecule has 0 aromatic rings. The fraction of sp³-hybridized carbons (Fsp3) is 0. The normalized spacial score (nSPS) is 3.60. The summed E-state index contributed by atoms with van der Waals surface area (Å²) in [5.74, 6) is 0. The molecule has 0 spiro atoms. The van der Waals surface area contributed by atoms with Crippen molar-refractivity contribution in [1.82, 2.24) is 0 Å². The average molecular weight is 164 g/mol. The summed E-state index contributed by atoms with van der Waals surface area (Å²) in [4.78, 5) is 0. The van der Waals surface area contributed by atoms with E-state index in [1.54, 1.807) is 0 Å². The Bertz CT molecular complexity index is 6.85. The van der Waals surface area contributed by atoms with E-state index in [2.05, 4.69) is 5.04 Å². The summed E-state index contributed by atoms with van der Waals surface area (Å²) in [6, 6.07) is 0. The molecule has 36 valence electrons. The van der Waals surface area contributed by atoms with Crippen molar-refractivity contribution >= 4 is 0 Å². The van der Waals surface area contributed by atoms with Crippen molar-refractivity contribution in [2.75, 3.05) is 0 Å². The van der Waals surface area contributed by atoms with Gasteiger partial charge in [0.05, 0.1) is 0 Å². The Morgan fingerprint density at radius 3 is 1.20 bits per heavy atom. The molecule has 0 aliphatic carbocycles. The van der Waals surface area contributed by atoms with Crippen LogP contribution in [0.25, 0.3) is 0 Å². The monoisotopic (exact) mass is 164 g/mol. The molecule has 0 heterocycles. The van der Waals surface area contributed by atoms with Gasteiger partial charge in [-0.3, -0.25) is 0 Å². The molecule has 0 saturated carbocycles. The first-order valence-corrected chi connectivity index (χ1v) is 0.365. The Labute approximate surface area is 49.9 Å². The molecule has 0 aliphatic heterocycles. The van der Waals surface area contributed by atoms with E-state index in [1.165, 1.54) is 0 Å². The first-order valence-electron chi connectivity index (χ1n) is 0.365. The summed E-state index contributed by atoms with van der Waals surface area (Å²) in [7, 11) is 0. The van der Waals surface area contributed by atoms with E-state index in [0.29, 0.717) is 0 Å². The van der Waals surface area contributed by atoms with Gasteiger partial charge in [0.25, 0.3) is 0 Å². The minimum atomic E-state index is 0. The molecule has 2 radical (unpaired) electrons. The fourth-order valence-electron chi connectivity index (χ4n) is 0. The van der Waals surface area contributed by atoms with E-state index in [-0.39, 0.29) is 33.8 Å².